The first kappa shape index (κ1) is 34.4. The van der Waals surface area contributed by atoms with Crippen LogP contribution in [0.25, 0.3) is 0 Å². The van der Waals surface area contributed by atoms with Gasteiger partial charge in [0.1, 0.15) is 34.7 Å². The predicted octanol–water partition coefficient (Wildman–Crippen LogP) is 5.07. The van der Waals surface area contributed by atoms with Gasteiger partial charge in [0.2, 0.25) is 0 Å². The smallest absolute Gasteiger partial charge is 0.182 e. The van der Waals surface area contributed by atoms with Gasteiger partial charge in [-0.05, 0) is 59.2 Å². The summed E-state index contributed by atoms with van der Waals surface area (Å²) in [7, 11) is 8.92. The van der Waals surface area contributed by atoms with E-state index < -0.39 is 30.5 Å². The van der Waals surface area contributed by atoms with Crippen LogP contribution >= 0.6 is 0 Å². The third-order valence-corrected chi connectivity index (χ3v) is 9.11. The van der Waals surface area contributed by atoms with Crippen LogP contribution in [-0.4, -0.2) is 64.4 Å². The number of methoxy groups -OCH3 is 6. The van der Waals surface area contributed by atoms with E-state index in [-0.39, 0.29) is 41.6 Å². The minimum absolute atomic E-state index is 0.0845. The highest BCUT2D eigenvalue weighted by molar-refractivity contribution is 6.08. The molecular formula is C38H38O12. The summed E-state index contributed by atoms with van der Waals surface area (Å²) in [5.74, 6) is 0.943. The summed E-state index contributed by atoms with van der Waals surface area (Å²) in [6, 6.07) is 15.0. The van der Waals surface area contributed by atoms with Crippen molar-refractivity contribution >= 4 is 11.6 Å². The third-order valence-electron chi connectivity index (χ3n) is 9.11. The second-order valence-electron chi connectivity index (χ2n) is 11.7. The Kier molecular flexibility index (Phi) is 9.76. The number of hydrogen-bond donors (Lipinski definition) is 2. The van der Waals surface area contributed by atoms with E-state index in [2.05, 4.69) is 0 Å². The van der Waals surface area contributed by atoms with E-state index in [1.165, 1.54) is 42.7 Å². The molecule has 0 fully saturated rings. The molecule has 0 unspecified atom stereocenters. The summed E-state index contributed by atoms with van der Waals surface area (Å²) in [6.45, 7) is -0.807. The van der Waals surface area contributed by atoms with E-state index in [4.69, 9.17) is 37.9 Å². The van der Waals surface area contributed by atoms with Crippen LogP contribution in [0.1, 0.15) is 61.9 Å². The highest BCUT2D eigenvalue weighted by Crippen LogP contribution is 2.54. The molecule has 4 aromatic carbocycles. The van der Waals surface area contributed by atoms with E-state index in [9.17, 15) is 19.8 Å². The highest BCUT2D eigenvalue weighted by Gasteiger charge is 2.46. The van der Waals surface area contributed by atoms with E-state index in [1.807, 2.05) is 0 Å². The molecule has 2 heterocycles. The molecule has 0 saturated heterocycles. The Balaban J connectivity index is 1.61. The monoisotopic (exact) mass is 686 g/mol. The molecule has 0 bridgehead atoms. The minimum atomic E-state index is -1.13. The Hall–Kier alpha value is -5.46. The van der Waals surface area contributed by atoms with Gasteiger partial charge in [0, 0.05) is 23.1 Å². The molecule has 2 N–H and O–H groups in total. The molecule has 50 heavy (non-hydrogen) atoms. The number of ether oxygens (including phenoxy) is 8. The fourth-order valence-corrected chi connectivity index (χ4v) is 6.72. The van der Waals surface area contributed by atoms with Crippen molar-refractivity contribution in [3.63, 3.8) is 0 Å². The third kappa shape index (κ3) is 5.80. The van der Waals surface area contributed by atoms with Crippen molar-refractivity contribution in [3.8, 4) is 46.0 Å². The number of hydrogen-bond acceptors (Lipinski definition) is 12. The zero-order valence-electron chi connectivity index (χ0n) is 28.5. The van der Waals surface area contributed by atoms with Gasteiger partial charge in [0.15, 0.2) is 40.7 Å². The summed E-state index contributed by atoms with van der Waals surface area (Å²) in [6.07, 6.45) is -2.18. The van der Waals surface area contributed by atoms with Gasteiger partial charge in [-0.15, -0.1) is 0 Å². The molecule has 3 atom stereocenters. The maximum atomic E-state index is 15.0. The molecule has 6 rings (SSSR count). The Morgan fingerprint density at radius 3 is 1.84 bits per heavy atom. The average molecular weight is 687 g/mol. The van der Waals surface area contributed by atoms with Gasteiger partial charge in [-0.2, -0.15) is 0 Å². The van der Waals surface area contributed by atoms with Gasteiger partial charge in [-0.1, -0.05) is 12.1 Å². The SMILES string of the molecule is COc1ccc([C@H]2Oc3cc(CO)cc(OC)c3C(=O)[C@H]2c2c(CO)cc(OC)c3c2O[C@H](c2ccc(OC)c(OC)c2)C(=O)C3)cc1OC. The lowest BCUT2D eigenvalue weighted by Crippen LogP contribution is -2.34. The first-order valence-corrected chi connectivity index (χ1v) is 15.7. The minimum Gasteiger partial charge on any atom is -0.496 e. The summed E-state index contributed by atoms with van der Waals surface area (Å²) in [4.78, 5) is 28.7. The molecule has 0 radical (unpaired) electrons. The molecule has 12 heteroatoms. The van der Waals surface area contributed by atoms with Crippen molar-refractivity contribution in [2.75, 3.05) is 42.7 Å². The number of carbonyl (C=O) groups excluding carboxylic acids is 2. The fraction of sp³-hybridized carbons (Fsp3) is 0.316. The molecule has 4 aromatic rings. The number of fused-ring (bicyclic) bond motifs is 2. The first-order valence-electron chi connectivity index (χ1n) is 15.7. The van der Waals surface area contributed by atoms with Crippen molar-refractivity contribution in [1.29, 1.82) is 0 Å². The van der Waals surface area contributed by atoms with Crippen LogP contribution < -0.4 is 37.9 Å². The Morgan fingerprint density at radius 1 is 0.660 bits per heavy atom. The second kappa shape index (κ2) is 14.2. The lowest BCUT2D eigenvalue weighted by atomic mass is 9.76. The van der Waals surface area contributed by atoms with E-state index in [0.717, 1.165) is 0 Å². The number of Topliss-reactive ketones (excluding diaryl/α,β-unsaturated/α-hetero) is 2. The van der Waals surface area contributed by atoms with E-state index in [0.29, 0.717) is 62.1 Å². The lowest BCUT2D eigenvalue weighted by Gasteiger charge is -2.37. The Bertz CT molecular complexity index is 1950. The number of carbonyl (C=O) groups is 2. The summed E-state index contributed by atoms with van der Waals surface area (Å²) in [5, 5.41) is 20.8. The quantitative estimate of drug-likeness (QED) is 0.217. The average Bonchev–Trinajstić information content (AvgIpc) is 3.15. The predicted molar refractivity (Wildman–Crippen MR) is 179 cm³/mol. The maximum absolute atomic E-state index is 15.0. The molecule has 0 saturated carbocycles. The highest BCUT2D eigenvalue weighted by atomic mass is 16.5. The van der Waals surface area contributed by atoms with Gasteiger partial charge in [-0.3, -0.25) is 9.59 Å². The lowest BCUT2D eigenvalue weighted by molar-refractivity contribution is -0.126. The largest absolute Gasteiger partial charge is 0.496 e. The zero-order chi connectivity index (χ0) is 35.7. The number of rotatable bonds is 11. The second-order valence-corrected chi connectivity index (χ2v) is 11.7. The fourth-order valence-electron chi connectivity index (χ4n) is 6.72. The van der Waals surface area contributed by atoms with Crippen LogP contribution in [-0.2, 0) is 24.4 Å². The number of aliphatic hydroxyl groups is 2. The first-order chi connectivity index (χ1) is 24.2. The summed E-state index contributed by atoms with van der Waals surface area (Å²) in [5.41, 5.74) is 2.78. The summed E-state index contributed by atoms with van der Waals surface area (Å²) < 4.78 is 46.6. The number of aliphatic hydroxyl groups excluding tert-OH is 2. The van der Waals surface area contributed by atoms with Crippen molar-refractivity contribution in [2.24, 2.45) is 0 Å². The van der Waals surface area contributed by atoms with Crippen LogP contribution in [0, 0.1) is 0 Å². The van der Waals surface area contributed by atoms with Crippen molar-refractivity contribution in [3.05, 3.63) is 93.5 Å². The Morgan fingerprint density at radius 2 is 1.26 bits per heavy atom. The van der Waals surface area contributed by atoms with Crippen molar-refractivity contribution in [2.45, 2.75) is 37.8 Å². The topological polar surface area (TPSA) is 148 Å². The molecule has 0 spiro atoms. The molecular weight excluding hydrogens is 648 g/mol. The van der Waals surface area contributed by atoms with Crippen LogP contribution in [0.15, 0.2) is 54.6 Å². The number of benzene rings is 4. The molecule has 0 aromatic heterocycles. The van der Waals surface area contributed by atoms with Gasteiger partial charge >= 0.3 is 0 Å². The van der Waals surface area contributed by atoms with Gasteiger partial charge < -0.3 is 48.1 Å². The normalized spacial score (nSPS) is 17.9. The molecule has 12 nitrogen and oxygen atoms in total. The van der Waals surface area contributed by atoms with Crippen LogP contribution in [0.5, 0.6) is 46.0 Å². The van der Waals surface area contributed by atoms with Crippen molar-refractivity contribution in [1.82, 2.24) is 0 Å². The molecule has 2 aliphatic rings. The van der Waals surface area contributed by atoms with Crippen molar-refractivity contribution < 1.29 is 57.7 Å². The van der Waals surface area contributed by atoms with Crippen LogP contribution in [0.3, 0.4) is 0 Å². The molecule has 2 aliphatic heterocycles. The van der Waals surface area contributed by atoms with Crippen LogP contribution in [0.2, 0.25) is 0 Å². The molecule has 262 valence electrons. The molecule has 0 amide bonds. The Labute approximate surface area is 289 Å². The maximum Gasteiger partial charge on any atom is 0.182 e. The van der Waals surface area contributed by atoms with Gasteiger partial charge in [0.05, 0.1) is 61.8 Å². The van der Waals surface area contributed by atoms with Gasteiger partial charge in [-0.25, -0.2) is 0 Å². The van der Waals surface area contributed by atoms with Crippen LogP contribution in [0.4, 0.5) is 0 Å². The number of ketones is 2. The van der Waals surface area contributed by atoms with E-state index >= 15 is 0 Å². The molecule has 0 aliphatic carbocycles. The zero-order valence-corrected chi connectivity index (χ0v) is 28.5. The standard InChI is InChI=1S/C38H38O12/c1-43-25-9-7-20(13-28(25)46-4)36-24(41)16-23-27(45-3)15-22(18-40)32(38(23)50-36)34-35(42)33-30(48-6)11-19(17-39)12-31(33)49-37(34)21-8-10-26(44-2)29(14-21)47-5/h7-15,34,36-37,39-40H,16-18H2,1-6H3/t34-,36-,37-/m1/s1. The van der Waals surface area contributed by atoms with E-state index in [1.54, 1.807) is 54.6 Å². The van der Waals surface area contributed by atoms with Gasteiger partial charge in [0.25, 0.3) is 0 Å². The summed E-state index contributed by atoms with van der Waals surface area (Å²) >= 11 is 0.